The molecule has 0 radical (unpaired) electrons. The molecular weight excluding hydrogens is 294 g/mol. The Hall–Kier alpha value is -1.59. The molecule has 1 aromatic carbocycles. The summed E-state index contributed by atoms with van der Waals surface area (Å²) in [6, 6.07) is 3.82. The minimum Gasteiger partial charge on any atom is -0.486 e. The van der Waals surface area contributed by atoms with Crippen LogP contribution in [-0.4, -0.2) is 14.8 Å². The number of aromatic amines is 1. The molecule has 0 saturated carbocycles. The van der Waals surface area contributed by atoms with Crippen LogP contribution in [0.2, 0.25) is 5.02 Å². The van der Waals surface area contributed by atoms with Gasteiger partial charge >= 0.3 is 0 Å². The molecule has 0 fully saturated rings. The second kappa shape index (κ2) is 6.24. The van der Waals surface area contributed by atoms with Crippen molar-refractivity contribution in [3.05, 3.63) is 51.5 Å². The van der Waals surface area contributed by atoms with E-state index >= 15 is 0 Å². The molecule has 1 aromatic heterocycles. The maximum absolute atomic E-state index is 6.13. The maximum atomic E-state index is 6.13. The van der Waals surface area contributed by atoms with Gasteiger partial charge in [0.15, 0.2) is 10.6 Å². The predicted molar refractivity (Wildman–Crippen MR) is 82.9 cm³/mol. The number of aryl methyl sites for hydroxylation is 2. The highest BCUT2D eigenvalue weighted by molar-refractivity contribution is 7.71. The van der Waals surface area contributed by atoms with Crippen LogP contribution in [0.4, 0.5) is 0 Å². The van der Waals surface area contributed by atoms with Gasteiger partial charge < -0.3 is 4.74 Å². The first-order valence-corrected chi connectivity index (χ1v) is 6.96. The smallest absolute Gasteiger partial charge is 0.195 e. The van der Waals surface area contributed by atoms with Crippen LogP contribution >= 0.6 is 23.8 Å². The first kappa shape index (κ1) is 14.8. The molecule has 1 heterocycles. The maximum Gasteiger partial charge on any atom is 0.195 e. The van der Waals surface area contributed by atoms with E-state index in [1.54, 1.807) is 6.08 Å². The summed E-state index contributed by atoms with van der Waals surface area (Å²) in [6.07, 6.45) is 1.77. The van der Waals surface area contributed by atoms with Crippen molar-refractivity contribution in [2.24, 2.45) is 0 Å². The van der Waals surface area contributed by atoms with Crippen LogP contribution < -0.4 is 4.74 Å². The highest BCUT2D eigenvalue weighted by Crippen LogP contribution is 2.26. The monoisotopic (exact) mass is 309 g/mol. The van der Waals surface area contributed by atoms with E-state index in [9.17, 15) is 0 Å². The second-order valence-electron chi connectivity index (χ2n) is 4.50. The van der Waals surface area contributed by atoms with Gasteiger partial charge in [0.1, 0.15) is 12.4 Å². The number of aromatic nitrogens is 3. The lowest BCUT2D eigenvalue weighted by atomic mass is 10.1. The lowest BCUT2D eigenvalue weighted by Gasteiger charge is -2.10. The normalized spacial score (nSPS) is 10.6. The third-order valence-electron chi connectivity index (χ3n) is 2.93. The minimum atomic E-state index is 0.335. The number of nitrogens with zero attached hydrogens (tertiary/aromatic N) is 2. The number of H-pyrrole nitrogens is 1. The molecule has 0 amide bonds. The third kappa shape index (κ3) is 3.11. The summed E-state index contributed by atoms with van der Waals surface area (Å²) in [7, 11) is 0. The Morgan fingerprint density at radius 2 is 2.10 bits per heavy atom. The van der Waals surface area contributed by atoms with Crippen LogP contribution in [0.5, 0.6) is 5.75 Å². The van der Waals surface area contributed by atoms with E-state index in [2.05, 4.69) is 16.8 Å². The number of benzene rings is 1. The van der Waals surface area contributed by atoms with Gasteiger partial charge in [-0.05, 0) is 49.3 Å². The van der Waals surface area contributed by atoms with E-state index in [4.69, 9.17) is 28.6 Å². The zero-order chi connectivity index (χ0) is 14.7. The summed E-state index contributed by atoms with van der Waals surface area (Å²) in [5.74, 6) is 1.50. The number of hydrogen-bond acceptors (Lipinski definition) is 3. The molecule has 0 saturated heterocycles. The fourth-order valence-electron chi connectivity index (χ4n) is 1.92. The lowest BCUT2D eigenvalue weighted by Crippen LogP contribution is -2.06. The van der Waals surface area contributed by atoms with Gasteiger partial charge in [-0.1, -0.05) is 17.7 Å². The van der Waals surface area contributed by atoms with Crippen LogP contribution in [0.15, 0.2) is 24.8 Å². The molecule has 6 heteroatoms. The van der Waals surface area contributed by atoms with E-state index in [0.29, 0.717) is 17.9 Å². The van der Waals surface area contributed by atoms with Crippen molar-refractivity contribution in [2.75, 3.05) is 0 Å². The van der Waals surface area contributed by atoms with Gasteiger partial charge in [-0.25, -0.2) is 0 Å². The molecule has 0 aliphatic rings. The van der Waals surface area contributed by atoms with Gasteiger partial charge in [-0.3, -0.25) is 9.67 Å². The Balaban J connectivity index is 2.17. The summed E-state index contributed by atoms with van der Waals surface area (Å²) in [4.78, 5) is 0. The second-order valence-corrected chi connectivity index (χ2v) is 5.27. The summed E-state index contributed by atoms with van der Waals surface area (Å²) in [5, 5.41) is 7.69. The van der Waals surface area contributed by atoms with Crippen molar-refractivity contribution in [3.63, 3.8) is 0 Å². The molecule has 106 valence electrons. The van der Waals surface area contributed by atoms with Gasteiger partial charge in [0.05, 0.1) is 0 Å². The van der Waals surface area contributed by atoms with E-state index < -0.39 is 0 Å². The Labute approximate surface area is 128 Å². The summed E-state index contributed by atoms with van der Waals surface area (Å²) in [6.45, 7) is 8.55. The van der Waals surface area contributed by atoms with Crippen LogP contribution in [0, 0.1) is 18.6 Å². The molecule has 2 rings (SSSR count). The highest BCUT2D eigenvalue weighted by Gasteiger charge is 2.08. The highest BCUT2D eigenvalue weighted by atomic mass is 35.5. The quantitative estimate of drug-likeness (QED) is 0.671. The topological polar surface area (TPSA) is 42.8 Å². The first-order valence-electron chi connectivity index (χ1n) is 6.17. The molecule has 2 aromatic rings. The van der Waals surface area contributed by atoms with E-state index in [1.165, 1.54) is 0 Å². The Bertz CT molecular complexity index is 667. The zero-order valence-corrected chi connectivity index (χ0v) is 13.0. The van der Waals surface area contributed by atoms with Gasteiger partial charge in [0.25, 0.3) is 0 Å². The van der Waals surface area contributed by atoms with E-state index in [0.717, 1.165) is 27.7 Å². The number of halogens is 1. The summed E-state index contributed by atoms with van der Waals surface area (Å²) >= 11 is 11.3. The zero-order valence-electron chi connectivity index (χ0n) is 11.4. The average Bonchev–Trinajstić information content (AvgIpc) is 2.75. The van der Waals surface area contributed by atoms with Crippen molar-refractivity contribution in [1.29, 1.82) is 0 Å². The van der Waals surface area contributed by atoms with E-state index in [-0.39, 0.29) is 0 Å². The van der Waals surface area contributed by atoms with Gasteiger partial charge in [-0.15, -0.1) is 6.58 Å². The number of ether oxygens (including phenoxy) is 1. The van der Waals surface area contributed by atoms with Crippen LogP contribution in [0.25, 0.3) is 0 Å². The molecule has 0 bridgehead atoms. The molecular formula is C14H16ClN3OS. The molecule has 4 nitrogen and oxygen atoms in total. The summed E-state index contributed by atoms with van der Waals surface area (Å²) in [5.41, 5.74) is 1.98. The molecule has 0 atom stereocenters. The van der Waals surface area contributed by atoms with Crippen LogP contribution in [0.3, 0.4) is 0 Å². The van der Waals surface area contributed by atoms with Crippen molar-refractivity contribution in [2.45, 2.75) is 27.0 Å². The Morgan fingerprint density at radius 3 is 2.70 bits per heavy atom. The van der Waals surface area contributed by atoms with Crippen molar-refractivity contribution >= 4 is 23.8 Å². The summed E-state index contributed by atoms with van der Waals surface area (Å²) < 4.78 is 8.17. The molecule has 20 heavy (non-hydrogen) atoms. The van der Waals surface area contributed by atoms with Crippen molar-refractivity contribution in [3.8, 4) is 5.75 Å². The van der Waals surface area contributed by atoms with Crippen molar-refractivity contribution < 1.29 is 4.74 Å². The molecule has 0 spiro atoms. The SMILES string of the molecule is C=CCn1c(COc2cc(C)c(Cl)c(C)c2)n[nH]c1=S. The predicted octanol–water partition coefficient (Wildman–Crippen LogP) is 3.98. The third-order valence-corrected chi connectivity index (χ3v) is 3.83. The first-order chi connectivity index (χ1) is 9.52. The average molecular weight is 310 g/mol. The lowest BCUT2D eigenvalue weighted by molar-refractivity contribution is 0.289. The van der Waals surface area contributed by atoms with Crippen molar-refractivity contribution in [1.82, 2.24) is 14.8 Å². The van der Waals surface area contributed by atoms with Crippen LogP contribution in [0.1, 0.15) is 17.0 Å². The fourth-order valence-corrected chi connectivity index (χ4v) is 2.25. The van der Waals surface area contributed by atoms with Gasteiger partial charge in [0, 0.05) is 11.6 Å². The minimum absolute atomic E-state index is 0.335. The van der Waals surface area contributed by atoms with Gasteiger partial charge in [-0.2, -0.15) is 5.10 Å². The molecule has 0 aliphatic heterocycles. The number of nitrogens with one attached hydrogen (secondary N) is 1. The van der Waals surface area contributed by atoms with Gasteiger partial charge in [0.2, 0.25) is 0 Å². The molecule has 0 aliphatic carbocycles. The standard InChI is InChI=1S/C14H16ClN3OS/c1-4-5-18-12(16-17-14(18)20)8-19-11-6-9(2)13(15)10(3)7-11/h4,6-7H,1,5,8H2,2-3H3,(H,17,20). The van der Waals surface area contributed by atoms with E-state index in [1.807, 2.05) is 30.5 Å². The van der Waals surface area contributed by atoms with Crippen LogP contribution in [-0.2, 0) is 13.2 Å². The molecule has 1 N–H and O–H groups in total. The Morgan fingerprint density at radius 1 is 1.45 bits per heavy atom. The Kier molecular flexibility index (Phi) is 4.62. The fraction of sp³-hybridized carbons (Fsp3) is 0.286. The number of allylic oxidation sites excluding steroid dienone is 1. The number of rotatable bonds is 5. The molecule has 0 unspecified atom stereocenters. The largest absolute Gasteiger partial charge is 0.486 e. The number of hydrogen-bond donors (Lipinski definition) is 1.